The first-order chi connectivity index (χ1) is 7.52. The van der Waals surface area contributed by atoms with Crippen molar-refractivity contribution in [2.75, 3.05) is 0 Å². The molecule has 1 aromatic rings. The van der Waals surface area contributed by atoms with E-state index >= 15 is 0 Å². The van der Waals surface area contributed by atoms with Gasteiger partial charge in [0.25, 0.3) is 0 Å². The van der Waals surface area contributed by atoms with E-state index in [4.69, 9.17) is 0 Å². The van der Waals surface area contributed by atoms with Gasteiger partial charge in [-0.2, -0.15) is 5.10 Å². The molecular weight excluding hydrogens is 202 g/mol. The Hall–Kier alpha value is -1.32. The van der Waals surface area contributed by atoms with E-state index in [-0.39, 0.29) is 11.4 Å². The van der Waals surface area contributed by atoms with Crippen LogP contribution in [0.3, 0.4) is 0 Å². The largest absolute Gasteiger partial charge is 0.351 e. The minimum absolute atomic E-state index is 0.0793. The van der Waals surface area contributed by atoms with Crippen LogP contribution >= 0.6 is 0 Å². The summed E-state index contributed by atoms with van der Waals surface area (Å²) in [5.41, 5.74) is 2.32. The van der Waals surface area contributed by atoms with Crippen molar-refractivity contribution in [3.05, 3.63) is 17.5 Å². The lowest BCUT2D eigenvalue weighted by molar-refractivity contribution is -0.119. The number of carbonyl (C=O) groups is 1. The third-order valence-corrected chi connectivity index (χ3v) is 3.25. The molecule has 0 spiro atoms. The number of hydrogen-bond acceptors (Lipinski definition) is 2. The first-order valence-corrected chi connectivity index (χ1v) is 5.85. The fourth-order valence-electron chi connectivity index (χ4n) is 2.43. The predicted octanol–water partition coefficient (Wildman–Crippen LogP) is 1.19. The van der Waals surface area contributed by atoms with Gasteiger partial charge in [-0.25, -0.2) is 0 Å². The van der Waals surface area contributed by atoms with Gasteiger partial charge >= 0.3 is 0 Å². The van der Waals surface area contributed by atoms with Crippen LogP contribution in [0.1, 0.15) is 37.9 Å². The van der Waals surface area contributed by atoms with E-state index in [0.29, 0.717) is 6.42 Å². The maximum atomic E-state index is 11.3. The molecule has 0 bridgehead atoms. The smallest absolute Gasteiger partial charge is 0.220 e. The van der Waals surface area contributed by atoms with Crippen molar-refractivity contribution < 1.29 is 4.79 Å². The number of nitrogens with zero attached hydrogens (tertiary/aromatic N) is 2. The van der Waals surface area contributed by atoms with Crippen LogP contribution in [0.2, 0.25) is 0 Å². The summed E-state index contributed by atoms with van der Waals surface area (Å²) in [4.78, 5) is 11.3. The third kappa shape index (κ3) is 2.10. The van der Waals surface area contributed by atoms with E-state index in [1.807, 2.05) is 11.7 Å². The summed E-state index contributed by atoms with van der Waals surface area (Å²) in [6, 6.07) is 0. The van der Waals surface area contributed by atoms with Gasteiger partial charge in [0, 0.05) is 25.2 Å². The van der Waals surface area contributed by atoms with Crippen molar-refractivity contribution in [2.24, 2.45) is 7.05 Å². The Bertz CT molecular complexity index is 410. The summed E-state index contributed by atoms with van der Waals surface area (Å²) in [6.07, 6.45) is 5.46. The molecule has 1 saturated heterocycles. The van der Waals surface area contributed by atoms with Crippen molar-refractivity contribution in [3.63, 3.8) is 0 Å². The molecule has 1 N–H and O–H groups in total. The molecule has 0 saturated carbocycles. The van der Waals surface area contributed by atoms with Crippen LogP contribution in [0, 0.1) is 0 Å². The SMILES string of the molecule is CCc1nn(C)cc1CC1(C)CCC(=O)N1. The van der Waals surface area contributed by atoms with Crippen LogP contribution in [-0.4, -0.2) is 21.2 Å². The summed E-state index contributed by atoms with van der Waals surface area (Å²) in [6.45, 7) is 4.23. The molecule has 0 radical (unpaired) electrons. The van der Waals surface area contributed by atoms with Crippen LogP contribution in [0.4, 0.5) is 0 Å². The molecule has 1 amide bonds. The minimum Gasteiger partial charge on any atom is -0.351 e. The topological polar surface area (TPSA) is 46.9 Å². The number of aromatic nitrogens is 2. The second kappa shape index (κ2) is 3.92. The van der Waals surface area contributed by atoms with Crippen molar-refractivity contribution in [2.45, 2.75) is 45.1 Å². The molecule has 0 aromatic carbocycles. The summed E-state index contributed by atoms with van der Waals surface area (Å²) in [5.74, 6) is 0.171. The summed E-state index contributed by atoms with van der Waals surface area (Å²) in [5, 5.41) is 7.49. The monoisotopic (exact) mass is 221 g/mol. The van der Waals surface area contributed by atoms with Gasteiger partial charge in [-0.1, -0.05) is 6.92 Å². The molecule has 4 heteroatoms. The Kier molecular flexibility index (Phi) is 2.74. The molecule has 2 rings (SSSR count). The zero-order valence-electron chi connectivity index (χ0n) is 10.2. The molecule has 1 aliphatic rings. The van der Waals surface area contributed by atoms with E-state index in [1.54, 1.807) is 0 Å². The lowest BCUT2D eigenvalue weighted by Gasteiger charge is -2.23. The van der Waals surface area contributed by atoms with Crippen LogP contribution in [0.5, 0.6) is 0 Å². The number of rotatable bonds is 3. The molecule has 1 unspecified atom stereocenters. The molecule has 16 heavy (non-hydrogen) atoms. The molecular formula is C12H19N3O. The van der Waals surface area contributed by atoms with Gasteiger partial charge in [-0.15, -0.1) is 0 Å². The number of carbonyl (C=O) groups excluding carboxylic acids is 1. The molecule has 2 heterocycles. The van der Waals surface area contributed by atoms with Gasteiger partial charge in [0.05, 0.1) is 5.69 Å². The van der Waals surface area contributed by atoms with Gasteiger partial charge in [-0.3, -0.25) is 9.48 Å². The molecule has 1 aliphatic heterocycles. The fourth-order valence-corrected chi connectivity index (χ4v) is 2.43. The van der Waals surface area contributed by atoms with E-state index in [9.17, 15) is 4.79 Å². The first-order valence-electron chi connectivity index (χ1n) is 5.85. The van der Waals surface area contributed by atoms with E-state index < -0.39 is 0 Å². The Morgan fingerprint density at radius 3 is 2.94 bits per heavy atom. The molecule has 88 valence electrons. The van der Waals surface area contributed by atoms with Crippen LogP contribution < -0.4 is 5.32 Å². The maximum Gasteiger partial charge on any atom is 0.220 e. The van der Waals surface area contributed by atoms with E-state index in [2.05, 4.69) is 30.5 Å². The van der Waals surface area contributed by atoms with Gasteiger partial charge in [0.15, 0.2) is 0 Å². The Balaban J connectivity index is 2.17. The van der Waals surface area contributed by atoms with Crippen molar-refractivity contribution in [3.8, 4) is 0 Å². The van der Waals surface area contributed by atoms with Gasteiger partial charge in [-0.05, 0) is 31.7 Å². The molecule has 0 aliphatic carbocycles. The second-order valence-electron chi connectivity index (χ2n) is 4.91. The van der Waals surface area contributed by atoms with Crippen LogP contribution in [-0.2, 0) is 24.7 Å². The van der Waals surface area contributed by atoms with Gasteiger partial charge in [0.1, 0.15) is 0 Å². The predicted molar refractivity (Wildman–Crippen MR) is 62.1 cm³/mol. The van der Waals surface area contributed by atoms with Gasteiger partial charge in [0.2, 0.25) is 5.91 Å². The zero-order chi connectivity index (χ0) is 11.8. The molecule has 4 nitrogen and oxygen atoms in total. The van der Waals surface area contributed by atoms with Crippen molar-refractivity contribution in [1.82, 2.24) is 15.1 Å². The lowest BCUT2D eigenvalue weighted by Crippen LogP contribution is -2.40. The number of aryl methyl sites for hydroxylation is 2. The average molecular weight is 221 g/mol. The van der Waals surface area contributed by atoms with Gasteiger partial charge < -0.3 is 5.32 Å². The van der Waals surface area contributed by atoms with Crippen LogP contribution in [0.15, 0.2) is 6.20 Å². The first kappa shape index (κ1) is 11.2. The number of amides is 1. The summed E-state index contributed by atoms with van der Waals surface area (Å²) < 4.78 is 1.86. The summed E-state index contributed by atoms with van der Waals surface area (Å²) in [7, 11) is 1.94. The third-order valence-electron chi connectivity index (χ3n) is 3.25. The minimum atomic E-state index is -0.0793. The molecule has 1 aromatic heterocycles. The lowest BCUT2D eigenvalue weighted by atomic mass is 9.91. The van der Waals surface area contributed by atoms with E-state index in [0.717, 1.165) is 25.0 Å². The van der Waals surface area contributed by atoms with Crippen molar-refractivity contribution in [1.29, 1.82) is 0 Å². The normalized spacial score (nSPS) is 24.8. The summed E-state index contributed by atoms with van der Waals surface area (Å²) >= 11 is 0. The van der Waals surface area contributed by atoms with E-state index in [1.165, 1.54) is 5.56 Å². The highest BCUT2D eigenvalue weighted by molar-refractivity contribution is 5.79. The van der Waals surface area contributed by atoms with Crippen LogP contribution in [0.25, 0.3) is 0 Å². The fraction of sp³-hybridized carbons (Fsp3) is 0.667. The zero-order valence-corrected chi connectivity index (χ0v) is 10.2. The highest BCUT2D eigenvalue weighted by Gasteiger charge is 2.33. The molecule has 1 fully saturated rings. The quantitative estimate of drug-likeness (QED) is 0.833. The Morgan fingerprint density at radius 2 is 2.38 bits per heavy atom. The Morgan fingerprint density at radius 1 is 1.62 bits per heavy atom. The average Bonchev–Trinajstić information content (AvgIpc) is 2.70. The standard InChI is InChI=1S/C12H19N3O/c1-4-10-9(8-15(3)14-10)7-12(2)6-5-11(16)13-12/h8H,4-7H2,1-3H3,(H,13,16). The number of nitrogens with one attached hydrogen (secondary N) is 1. The highest BCUT2D eigenvalue weighted by Crippen LogP contribution is 2.25. The van der Waals surface area contributed by atoms with Crippen molar-refractivity contribution >= 4 is 5.91 Å². The maximum absolute atomic E-state index is 11.3. The second-order valence-corrected chi connectivity index (χ2v) is 4.91. The Labute approximate surface area is 96.0 Å². The number of hydrogen-bond donors (Lipinski definition) is 1. The molecule has 1 atom stereocenters. The highest BCUT2D eigenvalue weighted by atomic mass is 16.2.